The van der Waals surface area contributed by atoms with Gasteiger partial charge in [-0.1, -0.05) is 43.4 Å². The summed E-state index contributed by atoms with van der Waals surface area (Å²) in [6.45, 7) is 13.4. The Bertz CT molecular complexity index is 127. The van der Waals surface area contributed by atoms with Crippen molar-refractivity contribution in [3.63, 3.8) is 0 Å². The lowest BCUT2D eigenvalue weighted by Gasteiger charge is -2.37. The molecule has 0 heterocycles. The normalized spacial score (nSPS) is 16.6. The van der Waals surface area contributed by atoms with Crippen molar-refractivity contribution in [2.75, 3.05) is 0 Å². The highest BCUT2D eigenvalue weighted by Gasteiger charge is 2.37. The molecule has 0 aromatic heterocycles. The third-order valence-corrected chi connectivity index (χ3v) is 7.55. The Morgan fingerprint density at radius 3 is 1.73 bits per heavy atom. The van der Waals surface area contributed by atoms with E-state index in [2.05, 4.69) is 63.4 Å². The highest BCUT2D eigenvalue weighted by atomic mass is 127. The van der Waals surface area contributed by atoms with Gasteiger partial charge in [-0.15, -0.1) is 0 Å². The molecule has 3 heteroatoms. The van der Waals surface area contributed by atoms with Gasteiger partial charge >= 0.3 is 0 Å². The highest BCUT2D eigenvalue weighted by molar-refractivity contribution is 14.1. The van der Waals surface area contributed by atoms with Crippen LogP contribution in [0.15, 0.2) is 0 Å². The summed E-state index contributed by atoms with van der Waals surface area (Å²) < 4.78 is 6.27. The lowest BCUT2D eigenvalue weighted by atomic mass is 10.2. The van der Waals surface area contributed by atoms with Crippen LogP contribution in [0.2, 0.25) is 18.1 Å². The summed E-state index contributed by atoms with van der Waals surface area (Å²) in [7, 11) is -1.48. The fourth-order valence-corrected chi connectivity index (χ4v) is 3.66. The molecule has 0 fully saturated rings. The van der Waals surface area contributed by atoms with E-state index >= 15 is 0 Å². The molecule has 0 aromatic carbocycles. The molecule has 1 atom stereocenters. The van der Waals surface area contributed by atoms with Gasteiger partial charge in [0.25, 0.3) is 0 Å². The van der Waals surface area contributed by atoms with Crippen LogP contribution in [-0.2, 0) is 4.43 Å². The number of hydrogen-bond acceptors (Lipinski definition) is 1. The SMILES string of the molecule is CC(I)O[Si](C)(C)C(C)(C)C. The minimum Gasteiger partial charge on any atom is -0.406 e. The maximum Gasteiger partial charge on any atom is 0.193 e. The third kappa shape index (κ3) is 3.89. The summed E-state index contributed by atoms with van der Waals surface area (Å²) in [5, 5.41) is 0.340. The summed E-state index contributed by atoms with van der Waals surface area (Å²) >= 11 is 2.32. The van der Waals surface area contributed by atoms with Crippen LogP contribution in [0.3, 0.4) is 0 Å². The molecule has 68 valence electrons. The van der Waals surface area contributed by atoms with Crippen molar-refractivity contribution in [2.45, 2.75) is 49.9 Å². The predicted molar refractivity (Wildman–Crippen MR) is 61.8 cm³/mol. The fourth-order valence-electron chi connectivity index (χ4n) is 0.583. The summed E-state index contributed by atoms with van der Waals surface area (Å²) in [4.78, 5) is 0. The van der Waals surface area contributed by atoms with E-state index in [-0.39, 0.29) is 0 Å². The molecule has 11 heavy (non-hydrogen) atoms. The van der Waals surface area contributed by atoms with Crippen molar-refractivity contribution in [3.05, 3.63) is 0 Å². The van der Waals surface area contributed by atoms with Crippen LogP contribution in [0.5, 0.6) is 0 Å². The van der Waals surface area contributed by atoms with Gasteiger partial charge < -0.3 is 4.43 Å². The van der Waals surface area contributed by atoms with E-state index in [0.717, 1.165) is 0 Å². The lowest BCUT2D eigenvalue weighted by molar-refractivity contribution is 0.292. The molecule has 0 spiro atoms. The van der Waals surface area contributed by atoms with E-state index in [1.165, 1.54) is 0 Å². The zero-order valence-electron chi connectivity index (χ0n) is 8.36. The minimum atomic E-state index is -1.48. The molecule has 0 saturated heterocycles. The molecule has 0 aromatic rings. The first-order valence-electron chi connectivity index (χ1n) is 3.99. The van der Waals surface area contributed by atoms with Gasteiger partial charge in [0.05, 0.1) is 4.11 Å². The zero-order valence-corrected chi connectivity index (χ0v) is 11.5. The van der Waals surface area contributed by atoms with E-state index < -0.39 is 8.32 Å². The molecule has 0 rings (SSSR count). The standard InChI is InChI=1S/C8H19IOSi/c1-7(9)10-11(5,6)8(2,3)4/h7H,1-6H3. The average Bonchev–Trinajstić information content (AvgIpc) is 1.56. The van der Waals surface area contributed by atoms with Crippen LogP contribution in [0.4, 0.5) is 0 Å². The largest absolute Gasteiger partial charge is 0.406 e. The van der Waals surface area contributed by atoms with Crippen molar-refractivity contribution >= 4 is 30.9 Å². The fraction of sp³-hybridized carbons (Fsp3) is 1.00. The second-order valence-electron chi connectivity index (χ2n) is 4.42. The third-order valence-electron chi connectivity index (χ3n) is 2.26. The quantitative estimate of drug-likeness (QED) is 0.426. The maximum atomic E-state index is 5.93. The number of hydrogen-bond donors (Lipinski definition) is 0. The Morgan fingerprint density at radius 2 is 1.64 bits per heavy atom. The molecule has 0 bridgehead atoms. The van der Waals surface area contributed by atoms with Crippen LogP contribution in [0.1, 0.15) is 27.7 Å². The summed E-state index contributed by atoms with van der Waals surface area (Å²) in [5.74, 6) is 0. The van der Waals surface area contributed by atoms with Crippen molar-refractivity contribution < 1.29 is 4.43 Å². The van der Waals surface area contributed by atoms with Gasteiger partial charge in [-0.05, 0) is 25.1 Å². The van der Waals surface area contributed by atoms with Gasteiger partial charge in [0.15, 0.2) is 8.32 Å². The molecule has 0 aliphatic carbocycles. The van der Waals surface area contributed by atoms with Gasteiger partial charge in [0.1, 0.15) is 0 Å². The van der Waals surface area contributed by atoms with Gasteiger partial charge in [-0.3, -0.25) is 0 Å². The molecule has 0 radical (unpaired) electrons. The van der Waals surface area contributed by atoms with Crippen LogP contribution in [-0.4, -0.2) is 12.4 Å². The van der Waals surface area contributed by atoms with E-state index in [0.29, 0.717) is 9.15 Å². The van der Waals surface area contributed by atoms with E-state index in [4.69, 9.17) is 4.43 Å². The van der Waals surface area contributed by atoms with Crippen LogP contribution < -0.4 is 0 Å². The molecular weight excluding hydrogens is 267 g/mol. The first-order valence-corrected chi connectivity index (χ1v) is 8.14. The van der Waals surface area contributed by atoms with Crippen molar-refractivity contribution in [1.82, 2.24) is 0 Å². The van der Waals surface area contributed by atoms with Crippen LogP contribution in [0.25, 0.3) is 0 Å². The summed E-state index contributed by atoms with van der Waals surface area (Å²) in [5.41, 5.74) is 0. The topological polar surface area (TPSA) is 9.23 Å². The molecule has 1 unspecified atom stereocenters. The summed E-state index contributed by atoms with van der Waals surface area (Å²) in [6.07, 6.45) is 0. The van der Waals surface area contributed by atoms with Crippen LogP contribution in [0, 0.1) is 0 Å². The Kier molecular flexibility index (Phi) is 4.05. The summed E-state index contributed by atoms with van der Waals surface area (Å²) in [6, 6.07) is 0. The second-order valence-corrected chi connectivity index (χ2v) is 10.9. The number of rotatable bonds is 2. The van der Waals surface area contributed by atoms with Crippen molar-refractivity contribution in [1.29, 1.82) is 0 Å². The molecule has 0 aliphatic heterocycles. The van der Waals surface area contributed by atoms with E-state index in [1.54, 1.807) is 0 Å². The monoisotopic (exact) mass is 286 g/mol. The molecule has 0 saturated carbocycles. The maximum absolute atomic E-state index is 5.93. The predicted octanol–water partition coefficient (Wildman–Crippen LogP) is 3.79. The molecule has 1 nitrogen and oxygen atoms in total. The van der Waals surface area contributed by atoms with Crippen LogP contribution >= 0.6 is 22.6 Å². The van der Waals surface area contributed by atoms with E-state index in [9.17, 15) is 0 Å². The van der Waals surface area contributed by atoms with E-state index in [1.807, 2.05) is 0 Å². The first-order chi connectivity index (χ1) is 4.67. The lowest BCUT2D eigenvalue weighted by Crippen LogP contribution is -2.42. The van der Waals surface area contributed by atoms with Crippen molar-refractivity contribution in [3.8, 4) is 0 Å². The number of halogens is 1. The smallest absolute Gasteiger partial charge is 0.193 e. The Labute approximate surface area is 85.2 Å². The second kappa shape index (κ2) is 3.74. The van der Waals surface area contributed by atoms with Gasteiger partial charge in [0, 0.05) is 0 Å². The molecular formula is C8H19IOSi. The zero-order chi connectivity index (χ0) is 9.28. The number of alkyl halides is 1. The van der Waals surface area contributed by atoms with Gasteiger partial charge in [-0.25, -0.2) is 0 Å². The molecule has 0 aliphatic rings. The average molecular weight is 286 g/mol. The Morgan fingerprint density at radius 1 is 1.27 bits per heavy atom. The van der Waals surface area contributed by atoms with Gasteiger partial charge in [0.2, 0.25) is 0 Å². The molecule has 0 N–H and O–H groups in total. The molecule has 0 amide bonds. The highest BCUT2D eigenvalue weighted by Crippen LogP contribution is 2.37. The minimum absolute atomic E-state index is 0.340. The van der Waals surface area contributed by atoms with Gasteiger partial charge in [-0.2, -0.15) is 0 Å². The first kappa shape index (κ1) is 11.9. The Hall–Kier alpha value is 0.907. The Balaban J connectivity index is 4.22. The van der Waals surface area contributed by atoms with Crippen molar-refractivity contribution in [2.24, 2.45) is 0 Å².